The van der Waals surface area contributed by atoms with E-state index in [1.54, 1.807) is 7.11 Å². The van der Waals surface area contributed by atoms with Crippen LogP contribution in [0.1, 0.15) is 44.2 Å². The van der Waals surface area contributed by atoms with Crippen molar-refractivity contribution in [2.45, 2.75) is 51.2 Å². The van der Waals surface area contributed by atoms with Crippen molar-refractivity contribution in [2.24, 2.45) is 0 Å². The van der Waals surface area contributed by atoms with Gasteiger partial charge in [0.15, 0.2) is 0 Å². The summed E-state index contributed by atoms with van der Waals surface area (Å²) in [4.78, 5) is 0. The van der Waals surface area contributed by atoms with Crippen LogP contribution in [0, 0.1) is 6.92 Å². The fourth-order valence-corrected chi connectivity index (χ4v) is 2.87. The van der Waals surface area contributed by atoms with Crippen LogP contribution in [0.3, 0.4) is 0 Å². The van der Waals surface area contributed by atoms with Gasteiger partial charge in [0.1, 0.15) is 5.75 Å². The Morgan fingerprint density at radius 2 is 2.16 bits per heavy atom. The number of ether oxygens (including phenoxy) is 2. The summed E-state index contributed by atoms with van der Waals surface area (Å²) in [7, 11) is 1.65. The van der Waals surface area contributed by atoms with Gasteiger partial charge in [0.05, 0.1) is 24.9 Å². The first kappa shape index (κ1) is 14.4. The Kier molecular flexibility index (Phi) is 3.88. The van der Waals surface area contributed by atoms with Crippen LogP contribution in [0.5, 0.6) is 5.75 Å². The topological polar surface area (TPSA) is 38.7 Å². The number of hydrogen-bond acceptors (Lipinski definition) is 3. The largest absolute Gasteiger partial charge is 0.496 e. The molecular formula is C16H24O3. The zero-order valence-corrected chi connectivity index (χ0v) is 12.3. The quantitative estimate of drug-likeness (QED) is 0.911. The van der Waals surface area contributed by atoms with E-state index < -0.39 is 5.60 Å². The molecule has 3 heteroatoms. The van der Waals surface area contributed by atoms with E-state index in [1.807, 2.05) is 25.1 Å². The van der Waals surface area contributed by atoms with Crippen molar-refractivity contribution in [2.75, 3.05) is 13.7 Å². The van der Waals surface area contributed by atoms with Gasteiger partial charge in [0, 0.05) is 18.4 Å². The number of aliphatic hydroxyl groups is 1. The molecule has 0 radical (unpaired) electrons. The Balaban J connectivity index is 2.41. The van der Waals surface area contributed by atoms with Crippen molar-refractivity contribution in [3.05, 3.63) is 29.3 Å². The van der Waals surface area contributed by atoms with Crippen LogP contribution in [0.4, 0.5) is 0 Å². The van der Waals surface area contributed by atoms with Crippen LogP contribution in [0.25, 0.3) is 0 Å². The van der Waals surface area contributed by atoms with Gasteiger partial charge in [-0.25, -0.2) is 0 Å². The standard InChI is InChI=1S/C16H24O3/c1-5-15(3)11-16(17,8-9-19-15)13-10-12(2)6-7-14(13)18-4/h6-7,10,17H,5,8-9,11H2,1-4H3. The Labute approximate surface area is 115 Å². The summed E-state index contributed by atoms with van der Waals surface area (Å²) >= 11 is 0. The van der Waals surface area contributed by atoms with Gasteiger partial charge in [-0.15, -0.1) is 0 Å². The van der Waals surface area contributed by atoms with Gasteiger partial charge in [-0.05, 0) is 32.4 Å². The number of rotatable bonds is 3. The second kappa shape index (κ2) is 5.14. The third-order valence-corrected chi connectivity index (χ3v) is 4.24. The lowest BCUT2D eigenvalue weighted by Crippen LogP contribution is -2.45. The lowest BCUT2D eigenvalue weighted by molar-refractivity contribution is -0.158. The Bertz CT molecular complexity index is 457. The maximum Gasteiger partial charge on any atom is 0.124 e. The molecular weight excluding hydrogens is 240 g/mol. The van der Waals surface area contributed by atoms with E-state index in [1.165, 1.54) is 0 Å². The highest BCUT2D eigenvalue weighted by atomic mass is 16.5. The van der Waals surface area contributed by atoms with E-state index >= 15 is 0 Å². The fourth-order valence-electron chi connectivity index (χ4n) is 2.87. The molecule has 0 bridgehead atoms. The first-order valence-electron chi connectivity index (χ1n) is 6.94. The molecule has 0 saturated carbocycles. The Morgan fingerprint density at radius 1 is 1.42 bits per heavy atom. The molecule has 0 amide bonds. The molecule has 1 fully saturated rings. The smallest absolute Gasteiger partial charge is 0.124 e. The van der Waals surface area contributed by atoms with Gasteiger partial charge in [0.25, 0.3) is 0 Å². The summed E-state index contributed by atoms with van der Waals surface area (Å²) in [5.41, 5.74) is 0.897. The second-order valence-electron chi connectivity index (χ2n) is 5.81. The summed E-state index contributed by atoms with van der Waals surface area (Å²) < 4.78 is 11.3. The number of aryl methyl sites for hydroxylation is 1. The van der Waals surface area contributed by atoms with Gasteiger partial charge >= 0.3 is 0 Å². The summed E-state index contributed by atoms with van der Waals surface area (Å²) in [6.07, 6.45) is 2.11. The second-order valence-corrected chi connectivity index (χ2v) is 5.81. The van der Waals surface area contributed by atoms with E-state index in [2.05, 4.69) is 13.8 Å². The minimum atomic E-state index is -0.861. The molecule has 1 N–H and O–H groups in total. The Hall–Kier alpha value is -1.06. The average molecular weight is 264 g/mol. The maximum absolute atomic E-state index is 11.1. The molecule has 0 spiro atoms. The molecule has 1 aliphatic heterocycles. The molecule has 2 rings (SSSR count). The number of hydrogen-bond donors (Lipinski definition) is 1. The molecule has 106 valence electrons. The molecule has 19 heavy (non-hydrogen) atoms. The molecule has 0 aliphatic carbocycles. The highest BCUT2D eigenvalue weighted by molar-refractivity contribution is 5.41. The predicted molar refractivity (Wildman–Crippen MR) is 75.5 cm³/mol. The lowest BCUT2D eigenvalue weighted by atomic mass is 9.77. The summed E-state index contributed by atoms with van der Waals surface area (Å²) in [6, 6.07) is 5.96. The van der Waals surface area contributed by atoms with Crippen LogP contribution >= 0.6 is 0 Å². The summed E-state index contributed by atoms with van der Waals surface area (Å²) in [5.74, 6) is 0.758. The summed E-state index contributed by atoms with van der Waals surface area (Å²) in [5, 5.41) is 11.1. The molecule has 1 aromatic rings. The minimum absolute atomic E-state index is 0.262. The third-order valence-electron chi connectivity index (χ3n) is 4.24. The van der Waals surface area contributed by atoms with Crippen LogP contribution in [-0.4, -0.2) is 24.4 Å². The minimum Gasteiger partial charge on any atom is -0.496 e. The van der Waals surface area contributed by atoms with E-state index in [0.717, 1.165) is 23.3 Å². The van der Waals surface area contributed by atoms with Gasteiger partial charge in [0.2, 0.25) is 0 Å². The fraction of sp³-hybridized carbons (Fsp3) is 0.625. The van der Waals surface area contributed by atoms with Gasteiger partial charge in [-0.2, -0.15) is 0 Å². The average Bonchev–Trinajstić information content (AvgIpc) is 2.38. The van der Waals surface area contributed by atoms with Crippen LogP contribution in [0.2, 0.25) is 0 Å². The van der Waals surface area contributed by atoms with Gasteiger partial charge in [-0.1, -0.05) is 18.6 Å². The first-order chi connectivity index (χ1) is 8.92. The van der Waals surface area contributed by atoms with Crippen molar-refractivity contribution in [1.29, 1.82) is 0 Å². The lowest BCUT2D eigenvalue weighted by Gasteiger charge is -2.43. The molecule has 2 atom stereocenters. The van der Waals surface area contributed by atoms with Crippen LogP contribution in [-0.2, 0) is 10.3 Å². The molecule has 1 aromatic carbocycles. The highest BCUT2D eigenvalue weighted by Crippen LogP contribution is 2.44. The molecule has 2 unspecified atom stereocenters. The Morgan fingerprint density at radius 3 is 2.79 bits per heavy atom. The predicted octanol–water partition coefficient (Wildman–Crippen LogP) is 3.17. The van der Waals surface area contributed by atoms with Crippen molar-refractivity contribution in [1.82, 2.24) is 0 Å². The molecule has 1 aliphatic rings. The normalized spacial score (nSPS) is 31.2. The maximum atomic E-state index is 11.1. The molecule has 0 aromatic heterocycles. The zero-order valence-electron chi connectivity index (χ0n) is 12.3. The van der Waals surface area contributed by atoms with Crippen LogP contribution in [0.15, 0.2) is 18.2 Å². The van der Waals surface area contributed by atoms with Crippen molar-refractivity contribution in [3.8, 4) is 5.75 Å². The van der Waals surface area contributed by atoms with E-state index in [4.69, 9.17) is 9.47 Å². The van der Waals surface area contributed by atoms with E-state index in [-0.39, 0.29) is 5.60 Å². The number of benzene rings is 1. The summed E-state index contributed by atoms with van der Waals surface area (Å²) in [6.45, 7) is 6.78. The zero-order chi connectivity index (χ0) is 14.1. The van der Waals surface area contributed by atoms with Crippen LogP contribution < -0.4 is 4.74 Å². The van der Waals surface area contributed by atoms with E-state index in [9.17, 15) is 5.11 Å². The van der Waals surface area contributed by atoms with E-state index in [0.29, 0.717) is 19.4 Å². The first-order valence-corrected chi connectivity index (χ1v) is 6.94. The van der Waals surface area contributed by atoms with Crippen molar-refractivity contribution in [3.63, 3.8) is 0 Å². The van der Waals surface area contributed by atoms with Crippen molar-refractivity contribution < 1.29 is 14.6 Å². The molecule has 1 saturated heterocycles. The highest BCUT2D eigenvalue weighted by Gasteiger charge is 2.43. The molecule has 1 heterocycles. The number of methoxy groups -OCH3 is 1. The van der Waals surface area contributed by atoms with Crippen molar-refractivity contribution >= 4 is 0 Å². The SMILES string of the molecule is CCC1(C)CC(O)(c2cc(C)ccc2OC)CCO1. The third kappa shape index (κ3) is 2.77. The van der Waals surface area contributed by atoms with Gasteiger partial charge < -0.3 is 14.6 Å². The van der Waals surface area contributed by atoms with Gasteiger partial charge in [-0.3, -0.25) is 0 Å². The molecule has 3 nitrogen and oxygen atoms in total. The monoisotopic (exact) mass is 264 g/mol.